The fourth-order valence-electron chi connectivity index (χ4n) is 7.33. The highest BCUT2D eigenvalue weighted by atomic mass is 16.7. The second-order valence-corrected chi connectivity index (χ2v) is 10.00. The third-order valence-corrected chi connectivity index (χ3v) is 8.83. The Bertz CT molecular complexity index is 614. The predicted octanol–water partition coefficient (Wildman–Crippen LogP) is 4.83. The van der Waals surface area contributed by atoms with Gasteiger partial charge in [-0.1, -0.05) is 18.1 Å². The summed E-state index contributed by atoms with van der Waals surface area (Å²) in [6.45, 7) is 9.99. The highest BCUT2D eigenvalue weighted by Gasteiger charge is 2.65. The maximum absolute atomic E-state index is 6.26. The second kappa shape index (κ2) is 6.55. The van der Waals surface area contributed by atoms with Crippen molar-refractivity contribution in [2.45, 2.75) is 83.7 Å². The van der Waals surface area contributed by atoms with Gasteiger partial charge in [0.25, 0.3) is 0 Å². The SMILES string of the molecule is CC1=C(CCC2(C)OCCO2)C2CC[C@]3(C)C(CCC34OCCO4)C2CC1. The number of fused-ring (bicyclic) bond motifs is 4. The molecule has 152 valence electrons. The summed E-state index contributed by atoms with van der Waals surface area (Å²) in [4.78, 5) is 0. The normalized spacial score (nSPS) is 42.6. The molecule has 4 nitrogen and oxygen atoms in total. The first-order valence-electron chi connectivity index (χ1n) is 11.2. The van der Waals surface area contributed by atoms with Crippen molar-refractivity contribution in [3.63, 3.8) is 0 Å². The van der Waals surface area contributed by atoms with E-state index in [1.807, 2.05) is 0 Å². The van der Waals surface area contributed by atoms with E-state index in [0.717, 1.165) is 63.4 Å². The summed E-state index contributed by atoms with van der Waals surface area (Å²) in [6, 6.07) is 0. The molecule has 2 saturated heterocycles. The van der Waals surface area contributed by atoms with Crippen LogP contribution < -0.4 is 0 Å². The van der Waals surface area contributed by atoms with Gasteiger partial charge in [0, 0.05) is 18.3 Å². The first kappa shape index (κ1) is 18.6. The van der Waals surface area contributed by atoms with E-state index in [2.05, 4.69) is 20.8 Å². The molecular formula is C23H36O4. The molecule has 0 aromatic heterocycles. The number of hydrogen-bond donors (Lipinski definition) is 0. The fourth-order valence-corrected chi connectivity index (χ4v) is 7.33. The van der Waals surface area contributed by atoms with Gasteiger partial charge in [-0.25, -0.2) is 0 Å². The Morgan fingerprint density at radius 3 is 2.33 bits per heavy atom. The first-order chi connectivity index (χ1) is 13.0. The van der Waals surface area contributed by atoms with Crippen molar-refractivity contribution >= 4 is 0 Å². The maximum Gasteiger partial charge on any atom is 0.174 e. The summed E-state index contributed by atoms with van der Waals surface area (Å²) in [5, 5.41) is 0. The zero-order chi connectivity index (χ0) is 18.7. The summed E-state index contributed by atoms with van der Waals surface area (Å²) in [6.07, 6.45) is 9.61. The molecule has 3 aliphatic carbocycles. The van der Waals surface area contributed by atoms with Crippen LogP contribution in [-0.2, 0) is 18.9 Å². The number of rotatable bonds is 3. The van der Waals surface area contributed by atoms with Crippen LogP contribution in [0.3, 0.4) is 0 Å². The van der Waals surface area contributed by atoms with E-state index in [-0.39, 0.29) is 17.0 Å². The van der Waals surface area contributed by atoms with Gasteiger partial charge in [0.05, 0.1) is 26.4 Å². The molecule has 0 radical (unpaired) electrons. The topological polar surface area (TPSA) is 36.9 Å². The predicted molar refractivity (Wildman–Crippen MR) is 103 cm³/mol. The largest absolute Gasteiger partial charge is 0.348 e. The summed E-state index contributed by atoms with van der Waals surface area (Å²) in [5.41, 5.74) is 3.57. The molecule has 0 N–H and O–H groups in total. The highest BCUT2D eigenvalue weighted by molar-refractivity contribution is 5.24. The summed E-state index contributed by atoms with van der Waals surface area (Å²) < 4.78 is 24.3. The van der Waals surface area contributed by atoms with E-state index in [1.54, 1.807) is 11.1 Å². The molecule has 2 heterocycles. The first-order valence-corrected chi connectivity index (χ1v) is 11.2. The van der Waals surface area contributed by atoms with E-state index in [0.29, 0.717) is 0 Å². The van der Waals surface area contributed by atoms with Crippen LogP contribution in [0, 0.1) is 23.2 Å². The minimum Gasteiger partial charge on any atom is -0.348 e. The Morgan fingerprint density at radius 2 is 1.59 bits per heavy atom. The van der Waals surface area contributed by atoms with E-state index in [9.17, 15) is 0 Å². The zero-order valence-electron chi connectivity index (χ0n) is 17.4. The zero-order valence-corrected chi connectivity index (χ0v) is 17.4. The maximum atomic E-state index is 6.26. The second-order valence-electron chi connectivity index (χ2n) is 10.00. The smallest absolute Gasteiger partial charge is 0.174 e. The lowest BCUT2D eigenvalue weighted by Gasteiger charge is -2.53. The molecule has 0 amide bonds. The van der Waals surface area contributed by atoms with Crippen LogP contribution in [0.15, 0.2) is 11.1 Å². The Kier molecular flexibility index (Phi) is 4.51. The molecule has 4 atom stereocenters. The quantitative estimate of drug-likeness (QED) is 0.662. The van der Waals surface area contributed by atoms with E-state index < -0.39 is 0 Å². The van der Waals surface area contributed by atoms with Crippen molar-refractivity contribution in [3.05, 3.63) is 11.1 Å². The van der Waals surface area contributed by atoms with E-state index in [1.165, 1.54) is 32.1 Å². The van der Waals surface area contributed by atoms with E-state index in [4.69, 9.17) is 18.9 Å². The van der Waals surface area contributed by atoms with Crippen LogP contribution in [0.4, 0.5) is 0 Å². The van der Waals surface area contributed by atoms with Gasteiger partial charge in [-0.05, 0) is 70.1 Å². The summed E-state index contributed by atoms with van der Waals surface area (Å²) >= 11 is 0. The van der Waals surface area contributed by atoms with Crippen LogP contribution in [0.25, 0.3) is 0 Å². The highest BCUT2D eigenvalue weighted by Crippen LogP contribution is 2.65. The number of ether oxygens (including phenoxy) is 4. The average molecular weight is 377 g/mol. The lowest BCUT2D eigenvalue weighted by atomic mass is 9.54. The van der Waals surface area contributed by atoms with E-state index >= 15 is 0 Å². The summed E-state index contributed by atoms with van der Waals surface area (Å²) in [7, 11) is 0. The molecule has 5 rings (SSSR count). The van der Waals surface area contributed by atoms with Crippen LogP contribution in [0.1, 0.15) is 72.1 Å². The van der Waals surface area contributed by atoms with Gasteiger partial charge in [0.15, 0.2) is 11.6 Å². The molecule has 2 saturated carbocycles. The molecule has 3 unspecified atom stereocenters. The van der Waals surface area contributed by atoms with Gasteiger partial charge in [-0.2, -0.15) is 0 Å². The monoisotopic (exact) mass is 376 g/mol. The lowest BCUT2D eigenvalue weighted by molar-refractivity contribution is -0.238. The molecule has 0 bridgehead atoms. The van der Waals surface area contributed by atoms with Gasteiger partial charge < -0.3 is 18.9 Å². The molecule has 27 heavy (non-hydrogen) atoms. The molecule has 0 aromatic rings. The van der Waals surface area contributed by atoms with Crippen molar-refractivity contribution in [1.29, 1.82) is 0 Å². The lowest BCUT2D eigenvalue weighted by Crippen LogP contribution is -2.52. The van der Waals surface area contributed by atoms with Crippen LogP contribution in [-0.4, -0.2) is 38.0 Å². The third kappa shape index (κ3) is 2.78. The Morgan fingerprint density at radius 1 is 0.889 bits per heavy atom. The van der Waals surface area contributed by atoms with Crippen molar-refractivity contribution < 1.29 is 18.9 Å². The number of allylic oxidation sites excluding steroid dienone is 2. The van der Waals surface area contributed by atoms with Crippen molar-refractivity contribution in [2.75, 3.05) is 26.4 Å². The Balaban J connectivity index is 1.35. The molecule has 4 fully saturated rings. The van der Waals surface area contributed by atoms with Gasteiger partial charge in [-0.3, -0.25) is 0 Å². The van der Waals surface area contributed by atoms with Crippen LogP contribution in [0.2, 0.25) is 0 Å². The van der Waals surface area contributed by atoms with Gasteiger partial charge in [0.2, 0.25) is 0 Å². The minimum absolute atomic E-state index is 0.199. The van der Waals surface area contributed by atoms with Crippen molar-refractivity contribution in [3.8, 4) is 0 Å². The van der Waals surface area contributed by atoms with Crippen molar-refractivity contribution in [2.24, 2.45) is 23.2 Å². The Labute approximate surface area is 164 Å². The molecule has 2 aliphatic heterocycles. The summed E-state index contributed by atoms with van der Waals surface area (Å²) in [5.74, 6) is 1.64. The molecule has 1 spiro atoms. The third-order valence-electron chi connectivity index (χ3n) is 8.83. The van der Waals surface area contributed by atoms with Crippen LogP contribution >= 0.6 is 0 Å². The average Bonchev–Trinajstić information content (AvgIpc) is 3.36. The number of hydrogen-bond acceptors (Lipinski definition) is 4. The fraction of sp³-hybridized carbons (Fsp3) is 0.913. The molecule has 5 aliphatic rings. The minimum atomic E-state index is -0.369. The van der Waals surface area contributed by atoms with Gasteiger partial charge >= 0.3 is 0 Å². The standard InChI is InChI=1S/C23H36O4/c1-16-4-5-19-18(17(16)7-10-22(3)24-12-13-25-22)6-9-21(2)20(19)8-11-23(21)26-14-15-27-23/h18-20H,4-15H2,1-3H3/t18?,19?,20?,21-/m1/s1. The van der Waals surface area contributed by atoms with Gasteiger partial charge in [-0.15, -0.1) is 0 Å². The molecule has 4 heteroatoms. The van der Waals surface area contributed by atoms with Gasteiger partial charge in [0.1, 0.15) is 0 Å². The Hall–Kier alpha value is -0.420. The molecule has 0 aromatic carbocycles. The van der Waals surface area contributed by atoms with Crippen LogP contribution in [0.5, 0.6) is 0 Å². The van der Waals surface area contributed by atoms with Crippen molar-refractivity contribution in [1.82, 2.24) is 0 Å². The molecular weight excluding hydrogens is 340 g/mol.